The molecule has 1 unspecified atom stereocenters. The minimum absolute atomic E-state index is 0.00234. The Morgan fingerprint density at radius 2 is 1.63 bits per heavy atom. The van der Waals surface area contributed by atoms with Crippen molar-refractivity contribution in [3.05, 3.63) is 89.5 Å². The first-order valence-electron chi connectivity index (χ1n) is 11.1. The van der Waals surface area contributed by atoms with Gasteiger partial charge in [-0.25, -0.2) is 0 Å². The van der Waals surface area contributed by atoms with Crippen LogP contribution in [-0.4, -0.2) is 23.5 Å². The number of aliphatic carboxylic acids is 1. The van der Waals surface area contributed by atoms with Gasteiger partial charge in [-0.2, -0.15) is 13.2 Å². The number of carboxylic acid groups (broad SMARTS) is 1. The van der Waals surface area contributed by atoms with Gasteiger partial charge in [0.05, 0.1) is 12.0 Å². The molecular weight excluding hydrogens is 459 g/mol. The minimum Gasteiger partial charge on any atom is -0.485 e. The van der Waals surface area contributed by atoms with Crippen LogP contribution < -0.4 is 10.1 Å². The van der Waals surface area contributed by atoms with E-state index in [-0.39, 0.29) is 24.4 Å². The monoisotopic (exact) mass is 485 g/mol. The fourth-order valence-electron chi connectivity index (χ4n) is 3.65. The number of alkyl halides is 3. The molecule has 184 valence electrons. The summed E-state index contributed by atoms with van der Waals surface area (Å²) in [6, 6.07) is 18.8. The van der Waals surface area contributed by atoms with Crippen molar-refractivity contribution in [3.63, 3.8) is 0 Å². The summed E-state index contributed by atoms with van der Waals surface area (Å²) in [5, 5.41) is 11.2. The number of rotatable bonds is 9. The predicted molar refractivity (Wildman–Crippen MR) is 126 cm³/mol. The first kappa shape index (κ1) is 25.8. The predicted octanol–water partition coefficient (Wildman–Crippen LogP) is 6.35. The summed E-state index contributed by atoms with van der Waals surface area (Å²) in [5.74, 6) is -1.19. The maximum atomic E-state index is 13.9. The zero-order valence-electron chi connectivity index (χ0n) is 19.3. The van der Waals surface area contributed by atoms with Crippen LogP contribution in [0.5, 0.6) is 5.75 Å². The molecule has 0 fully saturated rings. The summed E-state index contributed by atoms with van der Waals surface area (Å²) in [5.41, 5.74) is 0.551. The van der Waals surface area contributed by atoms with E-state index in [1.807, 2.05) is 13.8 Å². The van der Waals surface area contributed by atoms with E-state index in [2.05, 4.69) is 5.32 Å². The van der Waals surface area contributed by atoms with Crippen LogP contribution in [0.15, 0.2) is 72.8 Å². The number of carboxylic acids is 1. The quantitative estimate of drug-likeness (QED) is 0.370. The number of hydrogen-bond acceptors (Lipinski definition) is 3. The van der Waals surface area contributed by atoms with Crippen molar-refractivity contribution in [3.8, 4) is 16.9 Å². The number of carbonyl (C=O) groups excluding carboxylic acids is 1. The van der Waals surface area contributed by atoms with Gasteiger partial charge in [-0.15, -0.1) is 0 Å². The van der Waals surface area contributed by atoms with E-state index in [4.69, 9.17) is 9.84 Å². The summed E-state index contributed by atoms with van der Waals surface area (Å²) in [7, 11) is 0. The van der Waals surface area contributed by atoms with Gasteiger partial charge in [0.15, 0.2) is 0 Å². The Kier molecular flexibility index (Phi) is 8.17. The van der Waals surface area contributed by atoms with Crippen molar-refractivity contribution in [1.29, 1.82) is 0 Å². The number of halogens is 3. The highest BCUT2D eigenvalue weighted by Gasteiger charge is 2.35. The van der Waals surface area contributed by atoms with Crippen molar-refractivity contribution in [1.82, 2.24) is 5.32 Å². The highest BCUT2D eigenvalue weighted by molar-refractivity contribution is 5.94. The van der Waals surface area contributed by atoms with Gasteiger partial charge in [0.1, 0.15) is 11.9 Å². The number of benzene rings is 3. The van der Waals surface area contributed by atoms with Crippen LogP contribution in [0, 0.1) is 5.92 Å². The van der Waals surface area contributed by atoms with Crippen LogP contribution >= 0.6 is 0 Å². The molecule has 0 aliphatic carbocycles. The normalized spacial score (nSPS) is 12.3. The molecule has 0 saturated heterocycles. The highest BCUT2D eigenvalue weighted by atomic mass is 19.4. The van der Waals surface area contributed by atoms with Crippen LogP contribution in [0.2, 0.25) is 0 Å². The summed E-state index contributed by atoms with van der Waals surface area (Å²) >= 11 is 0. The second-order valence-electron chi connectivity index (χ2n) is 8.38. The van der Waals surface area contributed by atoms with Crippen molar-refractivity contribution in [2.45, 2.75) is 32.5 Å². The molecule has 0 radical (unpaired) electrons. The van der Waals surface area contributed by atoms with E-state index in [1.165, 1.54) is 18.2 Å². The third-order valence-electron chi connectivity index (χ3n) is 5.37. The van der Waals surface area contributed by atoms with Crippen LogP contribution in [0.1, 0.15) is 47.9 Å². The van der Waals surface area contributed by atoms with Gasteiger partial charge in [-0.3, -0.25) is 9.59 Å². The Bertz CT molecular complexity index is 1160. The topological polar surface area (TPSA) is 75.6 Å². The van der Waals surface area contributed by atoms with Crippen molar-refractivity contribution < 1.29 is 32.6 Å². The van der Waals surface area contributed by atoms with Crippen molar-refractivity contribution in [2.24, 2.45) is 5.92 Å². The Hall–Kier alpha value is -3.81. The summed E-state index contributed by atoms with van der Waals surface area (Å²) in [4.78, 5) is 22.7. The van der Waals surface area contributed by atoms with Gasteiger partial charge < -0.3 is 15.2 Å². The fourth-order valence-corrected chi connectivity index (χ4v) is 3.65. The molecule has 1 atom stereocenters. The van der Waals surface area contributed by atoms with Gasteiger partial charge in [0.2, 0.25) is 0 Å². The summed E-state index contributed by atoms with van der Waals surface area (Å²) < 4.78 is 47.9. The van der Waals surface area contributed by atoms with E-state index >= 15 is 0 Å². The van der Waals surface area contributed by atoms with E-state index in [1.54, 1.807) is 48.5 Å². The average molecular weight is 486 g/mol. The lowest BCUT2D eigenvalue weighted by molar-refractivity contribution is -0.138. The van der Waals surface area contributed by atoms with Crippen LogP contribution in [0.25, 0.3) is 11.1 Å². The Morgan fingerprint density at radius 1 is 0.971 bits per heavy atom. The molecule has 2 N–H and O–H groups in total. The first-order chi connectivity index (χ1) is 16.6. The number of hydrogen-bond donors (Lipinski definition) is 2. The molecule has 0 bridgehead atoms. The molecule has 8 heteroatoms. The minimum atomic E-state index is -4.54. The summed E-state index contributed by atoms with van der Waals surface area (Å²) in [6.07, 6.45) is -5.39. The largest absolute Gasteiger partial charge is 0.485 e. The Morgan fingerprint density at radius 3 is 2.20 bits per heavy atom. The number of ether oxygens (including phenoxy) is 1. The lowest BCUT2D eigenvalue weighted by atomic mass is 9.92. The molecule has 3 aromatic carbocycles. The lowest BCUT2D eigenvalue weighted by Crippen LogP contribution is -2.25. The van der Waals surface area contributed by atoms with Crippen LogP contribution in [0.4, 0.5) is 13.2 Å². The van der Waals surface area contributed by atoms with E-state index in [9.17, 15) is 22.8 Å². The molecule has 3 aromatic rings. The molecule has 35 heavy (non-hydrogen) atoms. The second-order valence-corrected chi connectivity index (χ2v) is 8.38. The zero-order chi connectivity index (χ0) is 25.6. The SMILES string of the molecule is CC(C)C(Oc1ccc(C(=O)NCCC(=O)O)cc1)c1ccc(-c2ccccc2)c(C(F)(F)F)c1. The number of nitrogens with one attached hydrogen (secondary N) is 1. The van der Waals surface area contributed by atoms with Crippen LogP contribution in [0.3, 0.4) is 0 Å². The first-order valence-corrected chi connectivity index (χ1v) is 11.1. The molecular formula is C27H26F3NO4. The van der Waals surface area contributed by atoms with Gasteiger partial charge >= 0.3 is 12.1 Å². The average Bonchev–Trinajstić information content (AvgIpc) is 2.82. The summed E-state index contributed by atoms with van der Waals surface area (Å²) in [6.45, 7) is 3.71. The molecule has 5 nitrogen and oxygen atoms in total. The zero-order valence-corrected chi connectivity index (χ0v) is 19.3. The molecule has 0 heterocycles. The Balaban J connectivity index is 1.83. The van der Waals surface area contributed by atoms with Crippen molar-refractivity contribution in [2.75, 3.05) is 6.54 Å². The molecule has 3 rings (SSSR count). The van der Waals surface area contributed by atoms with E-state index < -0.39 is 29.7 Å². The van der Waals surface area contributed by atoms with E-state index in [0.29, 0.717) is 22.4 Å². The standard InChI is InChI=1S/C27H26F3NO4/c1-17(2)25(35-21-11-8-19(9-12-21)26(34)31-15-14-24(32)33)20-10-13-22(18-6-4-3-5-7-18)23(16-20)27(28,29)30/h3-13,16-17,25H,14-15H2,1-2H3,(H,31,34)(H,32,33). The van der Waals surface area contributed by atoms with Crippen LogP contribution in [-0.2, 0) is 11.0 Å². The van der Waals surface area contributed by atoms with Gasteiger partial charge in [0.25, 0.3) is 5.91 Å². The maximum absolute atomic E-state index is 13.9. The molecule has 0 aromatic heterocycles. The van der Waals surface area contributed by atoms with Gasteiger partial charge in [-0.1, -0.05) is 56.3 Å². The number of amides is 1. The second kappa shape index (κ2) is 11.1. The number of carbonyl (C=O) groups is 2. The third kappa shape index (κ3) is 6.85. The lowest BCUT2D eigenvalue weighted by Gasteiger charge is -2.25. The van der Waals surface area contributed by atoms with Gasteiger partial charge in [-0.05, 0) is 52.9 Å². The molecule has 0 saturated carbocycles. The molecule has 0 spiro atoms. The van der Waals surface area contributed by atoms with Gasteiger partial charge in [0, 0.05) is 12.1 Å². The molecule has 0 aliphatic heterocycles. The third-order valence-corrected chi connectivity index (χ3v) is 5.37. The molecule has 1 amide bonds. The maximum Gasteiger partial charge on any atom is 0.417 e. The smallest absolute Gasteiger partial charge is 0.417 e. The van der Waals surface area contributed by atoms with Crippen molar-refractivity contribution >= 4 is 11.9 Å². The highest BCUT2D eigenvalue weighted by Crippen LogP contribution is 2.40. The Labute approximate surface area is 201 Å². The van der Waals surface area contributed by atoms with E-state index in [0.717, 1.165) is 6.07 Å². The molecule has 0 aliphatic rings. The fraction of sp³-hybridized carbons (Fsp3) is 0.259.